The van der Waals surface area contributed by atoms with E-state index in [1.807, 2.05) is 0 Å². The molecule has 2 N–H and O–H groups in total. The first-order valence-electron chi connectivity index (χ1n) is 6.51. The average Bonchev–Trinajstić information content (AvgIpc) is 2.40. The quantitative estimate of drug-likeness (QED) is 0.398. The van der Waals surface area contributed by atoms with Gasteiger partial charge in [0.15, 0.2) is 0 Å². The van der Waals surface area contributed by atoms with Gasteiger partial charge in [-0.2, -0.15) is 0 Å². The lowest BCUT2D eigenvalue weighted by molar-refractivity contribution is -0.383. The summed E-state index contributed by atoms with van der Waals surface area (Å²) in [5, 5.41) is 22.8. The number of carboxylic acid groups (broad SMARTS) is 1. The van der Waals surface area contributed by atoms with E-state index in [9.17, 15) is 14.9 Å². The van der Waals surface area contributed by atoms with Crippen molar-refractivity contribution in [3.05, 3.63) is 32.3 Å². The minimum atomic E-state index is -0.792. The predicted octanol–water partition coefficient (Wildman–Crippen LogP) is 4.35. The fourth-order valence-electron chi connectivity index (χ4n) is 1.81. The minimum absolute atomic E-state index is 0.115. The molecule has 6 nitrogen and oxygen atoms in total. The van der Waals surface area contributed by atoms with Gasteiger partial charge in [-0.3, -0.25) is 14.9 Å². The second-order valence-corrected chi connectivity index (χ2v) is 5.34. The highest BCUT2D eigenvalue weighted by Crippen LogP contribution is 2.33. The molecular weight excluding hydrogens is 319 g/mol. The molecule has 0 aromatic heterocycles. The first-order valence-corrected chi connectivity index (χ1v) is 7.26. The number of benzene rings is 1. The van der Waals surface area contributed by atoms with Gasteiger partial charge in [0, 0.05) is 19.0 Å². The third kappa shape index (κ3) is 6.18. The number of rotatable bonds is 9. The lowest BCUT2D eigenvalue weighted by atomic mass is 10.1. The van der Waals surface area contributed by atoms with Gasteiger partial charge in [0.1, 0.15) is 5.69 Å². The van der Waals surface area contributed by atoms with Gasteiger partial charge in [-0.05, 0) is 18.9 Å². The zero-order valence-electron chi connectivity index (χ0n) is 11.3. The number of nitro groups is 1. The van der Waals surface area contributed by atoms with Crippen LogP contribution in [0.1, 0.15) is 32.1 Å². The number of hydrogen-bond donors (Lipinski definition) is 2. The topological polar surface area (TPSA) is 92.5 Å². The Morgan fingerprint density at radius 2 is 1.81 bits per heavy atom. The molecule has 0 saturated carbocycles. The monoisotopic (exact) mass is 334 g/mol. The number of carboxylic acids is 1. The van der Waals surface area contributed by atoms with Crippen molar-refractivity contribution in [2.45, 2.75) is 32.1 Å². The molecule has 1 aromatic carbocycles. The molecule has 0 atom stereocenters. The second kappa shape index (κ2) is 8.69. The van der Waals surface area contributed by atoms with Gasteiger partial charge in [0.2, 0.25) is 0 Å². The second-order valence-electron chi connectivity index (χ2n) is 4.53. The molecule has 8 heteroatoms. The van der Waals surface area contributed by atoms with E-state index in [4.69, 9.17) is 28.3 Å². The molecule has 0 saturated heterocycles. The van der Waals surface area contributed by atoms with Crippen LogP contribution in [0.5, 0.6) is 0 Å². The summed E-state index contributed by atoms with van der Waals surface area (Å²) in [4.78, 5) is 20.7. The van der Waals surface area contributed by atoms with Crippen LogP contribution in [0.2, 0.25) is 10.0 Å². The van der Waals surface area contributed by atoms with E-state index in [2.05, 4.69) is 5.32 Å². The number of unbranched alkanes of at least 4 members (excludes halogenated alkanes) is 3. The molecule has 1 rings (SSSR count). The maximum Gasteiger partial charge on any atom is 0.303 e. The molecule has 0 aliphatic rings. The summed E-state index contributed by atoms with van der Waals surface area (Å²) in [6.45, 7) is 0.547. The maximum absolute atomic E-state index is 10.9. The Kier molecular flexibility index (Phi) is 7.25. The fraction of sp³-hybridized carbons (Fsp3) is 0.462. The normalized spacial score (nSPS) is 10.4. The molecule has 0 radical (unpaired) electrons. The van der Waals surface area contributed by atoms with Crippen LogP contribution in [0, 0.1) is 10.1 Å². The predicted molar refractivity (Wildman–Crippen MR) is 82.3 cm³/mol. The van der Waals surface area contributed by atoms with Crippen LogP contribution < -0.4 is 5.32 Å². The van der Waals surface area contributed by atoms with Crippen molar-refractivity contribution in [2.75, 3.05) is 11.9 Å². The van der Waals surface area contributed by atoms with E-state index in [1.165, 1.54) is 12.1 Å². The Morgan fingerprint density at radius 3 is 2.43 bits per heavy atom. The summed E-state index contributed by atoms with van der Waals surface area (Å²) < 4.78 is 0. The van der Waals surface area contributed by atoms with Crippen LogP contribution >= 0.6 is 23.2 Å². The van der Waals surface area contributed by atoms with Crippen molar-refractivity contribution >= 4 is 40.5 Å². The van der Waals surface area contributed by atoms with Gasteiger partial charge in [-0.1, -0.05) is 36.0 Å². The molecular formula is C13H16Cl2N2O4. The standard InChI is InChI=1S/C13H16Cl2N2O4/c14-9-7-11(12(17(20)21)8-10(9)15)16-6-4-2-1-3-5-13(18)19/h7-8,16H,1-6H2,(H,18,19). The number of aliphatic carboxylic acids is 1. The van der Waals surface area contributed by atoms with Gasteiger partial charge >= 0.3 is 5.97 Å². The molecule has 21 heavy (non-hydrogen) atoms. The van der Waals surface area contributed by atoms with Crippen molar-refractivity contribution in [1.29, 1.82) is 0 Å². The van der Waals surface area contributed by atoms with Gasteiger partial charge in [-0.25, -0.2) is 0 Å². The first kappa shape index (κ1) is 17.5. The average molecular weight is 335 g/mol. The molecule has 0 spiro atoms. The summed E-state index contributed by atoms with van der Waals surface area (Å²) in [7, 11) is 0. The SMILES string of the molecule is O=C(O)CCCCCCNc1cc(Cl)c(Cl)cc1[N+](=O)[O-]. The molecule has 0 heterocycles. The van der Waals surface area contributed by atoms with Crippen LogP contribution in [0.15, 0.2) is 12.1 Å². The number of carbonyl (C=O) groups is 1. The van der Waals surface area contributed by atoms with Crippen molar-refractivity contribution in [2.24, 2.45) is 0 Å². The number of nitro benzene ring substituents is 1. The van der Waals surface area contributed by atoms with Crippen LogP contribution in [0.25, 0.3) is 0 Å². The lowest BCUT2D eigenvalue weighted by Gasteiger charge is -2.08. The maximum atomic E-state index is 10.9. The van der Waals surface area contributed by atoms with Gasteiger partial charge in [0.05, 0.1) is 15.0 Å². The van der Waals surface area contributed by atoms with Crippen molar-refractivity contribution in [3.63, 3.8) is 0 Å². The number of hydrogen-bond acceptors (Lipinski definition) is 4. The first-order chi connectivity index (χ1) is 9.91. The Labute approximate surface area is 132 Å². The molecule has 1 aromatic rings. The highest BCUT2D eigenvalue weighted by atomic mass is 35.5. The largest absolute Gasteiger partial charge is 0.481 e. The van der Waals surface area contributed by atoms with Crippen LogP contribution in [-0.2, 0) is 4.79 Å². The summed E-state index contributed by atoms with van der Waals surface area (Å²) in [6.07, 6.45) is 3.28. The summed E-state index contributed by atoms with van der Waals surface area (Å²) in [5.74, 6) is -0.792. The van der Waals surface area contributed by atoms with E-state index < -0.39 is 10.9 Å². The van der Waals surface area contributed by atoms with E-state index in [-0.39, 0.29) is 22.2 Å². The number of halogens is 2. The zero-order chi connectivity index (χ0) is 15.8. The third-order valence-electron chi connectivity index (χ3n) is 2.87. The van der Waals surface area contributed by atoms with E-state index >= 15 is 0 Å². The van der Waals surface area contributed by atoms with Crippen molar-refractivity contribution in [3.8, 4) is 0 Å². The summed E-state index contributed by atoms with van der Waals surface area (Å²) in [6, 6.07) is 2.66. The van der Waals surface area contributed by atoms with Crippen LogP contribution in [0.4, 0.5) is 11.4 Å². The highest BCUT2D eigenvalue weighted by Gasteiger charge is 2.16. The van der Waals surface area contributed by atoms with Crippen molar-refractivity contribution in [1.82, 2.24) is 0 Å². The Balaban J connectivity index is 2.43. The van der Waals surface area contributed by atoms with Gasteiger partial charge in [-0.15, -0.1) is 0 Å². The zero-order valence-corrected chi connectivity index (χ0v) is 12.8. The highest BCUT2D eigenvalue weighted by molar-refractivity contribution is 6.42. The molecule has 0 unspecified atom stereocenters. The Morgan fingerprint density at radius 1 is 1.19 bits per heavy atom. The van der Waals surface area contributed by atoms with Crippen LogP contribution in [-0.4, -0.2) is 22.5 Å². The summed E-state index contributed by atoms with van der Waals surface area (Å²) in [5.41, 5.74) is 0.218. The molecule has 0 aliphatic carbocycles. The van der Waals surface area contributed by atoms with Crippen LogP contribution in [0.3, 0.4) is 0 Å². The molecule has 0 amide bonds. The lowest BCUT2D eigenvalue weighted by Crippen LogP contribution is -2.04. The van der Waals surface area contributed by atoms with Gasteiger partial charge in [0.25, 0.3) is 5.69 Å². The fourth-order valence-corrected chi connectivity index (χ4v) is 2.13. The van der Waals surface area contributed by atoms with E-state index in [1.54, 1.807) is 0 Å². The van der Waals surface area contributed by atoms with E-state index in [0.29, 0.717) is 18.7 Å². The Bertz CT molecular complexity index is 523. The minimum Gasteiger partial charge on any atom is -0.481 e. The molecule has 0 fully saturated rings. The summed E-state index contributed by atoms with van der Waals surface area (Å²) >= 11 is 11.6. The molecule has 116 valence electrons. The number of nitrogens with zero attached hydrogens (tertiary/aromatic N) is 1. The smallest absolute Gasteiger partial charge is 0.303 e. The van der Waals surface area contributed by atoms with Crippen molar-refractivity contribution < 1.29 is 14.8 Å². The number of nitrogens with one attached hydrogen (secondary N) is 1. The van der Waals surface area contributed by atoms with E-state index in [0.717, 1.165) is 19.3 Å². The number of anilines is 1. The molecule has 0 aliphatic heterocycles. The molecule has 0 bridgehead atoms. The Hall–Kier alpha value is -1.53. The van der Waals surface area contributed by atoms with Gasteiger partial charge < -0.3 is 10.4 Å². The third-order valence-corrected chi connectivity index (χ3v) is 3.59.